The van der Waals surface area contributed by atoms with Gasteiger partial charge in [0.1, 0.15) is 0 Å². The topological polar surface area (TPSA) is 0 Å². The average Bonchev–Trinajstić information content (AvgIpc) is 2.45. The molecule has 1 fully saturated rings. The van der Waals surface area contributed by atoms with Gasteiger partial charge in [-0.15, -0.1) is 6.58 Å². The van der Waals surface area contributed by atoms with E-state index in [9.17, 15) is 0 Å². The molecule has 0 amide bonds. The molecule has 0 nitrogen and oxygen atoms in total. The molecule has 9 heavy (non-hydrogen) atoms. The maximum atomic E-state index is 3.83. The summed E-state index contributed by atoms with van der Waals surface area (Å²) in [4.78, 5) is 0. The highest BCUT2D eigenvalue weighted by Crippen LogP contribution is 2.43. The predicted molar refractivity (Wildman–Crippen MR) is 39.0 cm³/mol. The summed E-state index contributed by atoms with van der Waals surface area (Å²) in [7, 11) is 0. The molecular weight excluding hydrogens is 108 g/mol. The Morgan fingerprint density at radius 2 is 2.22 bits per heavy atom. The van der Waals surface area contributed by atoms with E-state index in [4.69, 9.17) is 0 Å². The molecule has 0 heteroatoms. The standard InChI is InChI=1S/C9H12/c1-2-8-5-7-3-4-9(8)6-7/h2-4,7-9H,1,5-6H2/t7-,8?,9+/m1/s1. The summed E-state index contributed by atoms with van der Waals surface area (Å²) < 4.78 is 0. The first-order chi connectivity index (χ1) is 4.40. The van der Waals surface area contributed by atoms with Crippen molar-refractivity contribution in [2.45, 2.75) is 12.8 Å². The van der Waals surface area contributed by atoms with Crippen molar-refractivity contribution in [2.75, 3.05) is 0 Å². The van der Waals surface area contributed by atoms with Crippen LogP contribution in [0.15, 0.2) is 24.8 Å². The van der Waals surface area contributed by atoms with Gasteiger partial charge in [0, 0.05) is 0 Å². The lowest BCUT2D eigenvalue weighted by molar-refractivity contribution is 0.551. The van der Waals surface area contributed by atoms with Gasteiger partial charge < -0.3 is 0 Å². The highest BCUT2D eigenvalue weighted by Gasteiger charge is 2.33. The molecule has 0 aliphatic heterocycles. The Morgan fingerprint density at radius 3 is 2.56 bits per heavy atom. The first kappa shape index (κ1) is 5.28. The van der Waals surface area contributed by atoms with Gasteiger partial charge in [0.25, 0.3) is 0 Å². The van der Waals surface area contributed by atoms with E-state index < -0.39 is 0 Å². The summed E-state index contributed by atoms with van der Waals surface area (Å²) in [6, 6.07) is 0. The minimum Gasteiger partial charge on any atom is -0.103 e. The van der Waals surface area contributed by atoms with Gasteiger partial charge in [-0.3, -0.25) is 0 Å². The van der Waals surface area contributed by atoms with Crippen molar-refractivity contribution in [3.63, 3.8) is 0 Å². The van der Waals surface area contributed by atoms with Crippen molar-refractivity contribution >= 4 is 0 Å². The molecule has 0 heterocycles. The van der Waals surface area contributed by atoms with Crippen molar-refractivity contribution in [3.8, 4) is 0 Å². The van der Waals surface area contributed by atoms with Crippen LogP contribution < -0.4 is 0 Å². The van der Waals surface area contributed by atoms with Gasteiger partial charge in [0.15, 0.2) is 0 Å². The largest absolute Gasteiger partial charge is 0.103 e. The van der Waals surface area contributed by atoms with Gasteiger partial charge in [0.2, 0.25) is 0 Å². The van der Waals surface area contributed by atoms with Crippen LogP contribution in [0.2, 0.25) is 0 Å². The van der Waals surface area contributed by atoms with Crippen molar-refractivity contribution < 1.29 is 0 Å². The lowest BCUT2D eigenvalue weighted by Crippen LogP contribution is -2.01. The van der Waals surface area contributed by atoms with Crippen LogP contribution in [0.3, 0.4) is 0 Å². The lowest BCUT2D eigenvalue weighted by Gasteiger charge is -2.11. The second kappa shape index (κ2) is 1.73. The number of fused-ring (bicyclic) bond motifs is 2. The number of rotatable bonds is 1. The molecule has 2 aliphatic rings. The highest BCUT2D eigenvalue weighted by atomic mass is 14.4. The Balaban J connectivity index is 2.19. The lowest BCUT2D eigenvalue weighted by atomic mass is 9.94. The van der Waals surface area contributed by atoms with Crippen LogP contribution >= 0.6 is 0 Å². The summed E-state index contributed by atoms with van der Waals surface area (Å²) in [6.45, 7) is 3.83. The summed E-state index contributed by atoms with van der Waals surface area (Å²) in [5.41, 5.74) is 0. The van der Waals surface area contributed by atoms with E-state index >= 15 is 0 Å². The van der Waals surface area contributed by atoms with Crippen LogP contribution in [0.5, 0.6) is 0 Å². The summed E-state index contributed by atoms with van der Waals surface area (Å²) >= 11 is 0. The first-order valence-electron chi connectivity index (χ1n) is 3.71. The molecule has 0 saturated heterocycles. The number of allylic oxidation sites excluding steroid dienone is 3. The second-order valence-corrected chi connectivity index (χ2v) is 3.18. The predicted octanol–water partition coefficient (Wildman–Crippen LogP) is 2.38. The van der Waals surface area contributed by atoms with Crippen molar-refractivity contribution in [1.82, 2.24) is 0 Å². The summed E-state index contributed by atoms with van der Waals surface area (Å²) in [5.74, 6) is 2.56. The van der Waals surface area contributed by atoms with Crippen LogP contribution in [0.1, 0.15) is 12.8 Å². The molecule has 0 radical (unpaired) electrons. The molecule has 0 aromatic heterocycles. The highest BCUT2D eigenvalue weighted by molar-refractivity contribution is 5.13. The fourth-order valence-electron chi connectivity index (χ4n) is 2.09. The Morgan fingerprint density at radius 1 is 1.33 bits per heavy atom. The quantitative estimate of drug-likeness (QED) is 0.466. The molecule has 2 bridgehead atoms. The molecule has 0 aromatic rings. The minimum absolute atomic E-state index is 0.806. The summed E-state index contributed by atoms with van der Waals surface area (Å²) in [5, 5.41) is 0. The molecule has 0 spiro atoms. The third kappa shape index (κ3) is 0.658. The number of hydrogen-bond acceptors (Lipinski definition) is 0. The van der Waals surface area contributed by atoms with Crippen molar-refractivity contribution in [2.24, 2.45) is 17.8 Å². The fourth-order valence-corrected chi connectivity index (χ4v) is 2.09. The zero-order chi connectivity index (χ0) is 6.27. The third-order valence-corrected chi connectivity index (χ3v) is 2.63. The van der Waals surface area contributed by atoms with Gasteiger partial charge in [-0.1, -0.05) is 18.2 Å². The van der Waals surface area contributed by atoms with Crippen LogP contribution in [-0.4, -0.2) is 0 Å². The molecule has 3 atom stereocenters. The molecule has 1 saturated carbocycles. The van der Waals surface area contributed by atoms with E-state index in [0.29, 0.717) is 0 Å². The molecule has 48 valence electrons. The van der Waals surface area contributed by atoms with Gasteiger partial charge in [0.05, 0.1) is 0 Å². The van der Waals surface area contributed by atoms with Crippen LogP contribution in [-0.2, 0) is 0 Å². The maximum absolute atomic E-state index is 3.83. The maximum Gasteiger partial charge on any atom is -0.0165 e. The van der Waals surface area contributed by atoms with Crippen molar-refractivity contribution in [3.05, 3.63) is 24.8 Å². The molecule has 2 rings (SSSR count). The van der Waals surface area contributed by atoms with Crippen LogP contribution in [0, 0.1) is 17.8 Å². The monoisotopic (exact) mass is 120 g/mol. The first-order valence-corrected chi connectivity index (χ1v) is 3.71. The average molecular weight is 120 g/mol. The zero-order valence-corrected chi connectivity index (χ0v) is 5.59. The molecule has 1 unspecified atom stereocenters. The van der Waals surface area contributed by atoms with Gasteiger partial charge >= 0.3 is 0 Å². The van der Waals surface area contributed by atoms with Gasteiger partial charge in [-0.25, -0.2) is 0 Å². The molecule has 2 aliphatic carbocycles. The van der Waals surface area contributed by atoms with Crippen LogP contribution in [0.4, 0.5) is 0 Å². The van der Waals surface area contributed by atoms with E-state index in [1.807, 2.05) is 0 Å². The SMILES string of the molecule is C=CC1C[C@H]2C=C[C@H]1C2. The van der Waals surface area contributed by atoms with E-state index in [-0.39, 0.29) is 0 Å². The number of hydrogen-bond donors (Lipinski definition) is 0. The fraction of sp³-hybridized carbons (Fsp3) is 0.556. The van der Waals surface area contributed by atoms with Crippen molar-refractivity contribution in [1.29, 1.82) is 0 Å². The van der Waals surface area contributed by atoms with E-state index in [1.165, 1.54) is 12.8 Å². The van der Waals surface area contributed by atoms with Gasteiger partial charge in [-0.2, -0.15) is 0 Å². The Bertz CT molecular complexity index is 155. The van der Waals surface area contributed by atoms with E-state index in [0.717, 1.165) is 17.8 Å². The summed E-state index contributed by atoms with van der Waals surface area (Å²) in [6.07, 6.45) is 9.61. The van der Waals surface area contributed by atoms with Gasteiger partial charge in [-0.05, 0) is 30.6 Å². The van der Waals surface area contributed by atoms with Crippen LogP contribution in [0.25, 0.3) is 0 Å². The molecule has 0 aromatic carbocycles. The Labute approximate surface area is 56.3 Å². The van der Waals surface area contributed by atoms with E-state index in [1.54, 1.807) is 0 Å². The smallest absolute Gasteiger partial charge is 0.0165 e. The molecular formula is C9H12. The Kier molecular flexibility index (Phi) is 1.01. The molecule has 0 N–H and O–H groups in total. The zero-order valence-electron chi connectivity index (χ0n) is 5.59. The second-order valence-electron chi connectivity index (χ2n) is 3.18. The van der Waals surface area contributed by atoms with E-state index in [2.05, 4.69) is 24.8 Å². The Hall–Kier alpha value is -0.520. The minimum atomic E-state index is 0.806. The third-order valence-electron chi connectivity index (χ3n) is 2.63. The normalized spacial score (nSPS) is 46.0.